The average molecular weight is 673 g/mol. The van der Waals surface area contributed by atoms with Crippen molar-refractivity contribution >= 4 is 41.6 Å². The summed E-state index contributed by atoms with van der Waals surface area (Å²) in [4.78, 5) is 36.1. The highest BCUT2D eigenvalue weighted by molar-refractivity contribution is 7.52. The molecule has 47 heavy (non-hydrogen) atoms. The lowest BCUT2D eigenvalue weighted by molar-refractivity contribution is -0.149. The van der Waals surface area contributed by atoms with Crippen LogP contribution >= 0.6 is 7.75 Å². The summed E-state index contributed by atoms with van der Waals surface area (Å²) in [6.45, 7) is 10.2. The average Bonchev–Trinajstić information content (AvgIpc) is 3.51. The number of ether oxygens (including phenoxy) is 2. The number of imidazole rings is 1. The van der Waals surface area contributed by atoms with Gasteiger partial charge in [0.15, 0.2) is 17.4 Å². The molecule has 1 aliphatic rings. The van der Waals surface area contributed by atoms with Gasteiger partial charge in [0, 0.05) is 5.39 Å². The fraction of sp³-hybridized carbons (Fsp3) is 0.484. The van der Waals surface area contributed by atoms with Crippen molar-refractivity contribution in [3.63, 3.8) is 0 Å². The minimum atomic E-state index is -4.44. The second kappa shape index (κ2) is 13.0. The summed E-state index contributed by atoms with van der Waals surface area (Å²) in [6.07, 6.45) is -2.91. The van der Waals surface area contributed by atoms with Crippen molar-refractivity contribution in [3.8, 4) is 5.75 Å². The van der Waals surface area contributed by atoms with Crippen molar-refractivity contribution in [3.05, 3.63) is 59.1 Å². The molecule has 4 aromatic rings. The van der Waals surface area contributed by atoms with Gasteiger partial charge in [-0.15, -0.1) is 0 Å². The van der Waals surface area contributed by atoms with Crippen molar-refractivity contribution in [2.75, 3.05) is 18.9 Å². The first kappa shape index (κ1) is 34.5. The fourth-order valence-corrected chi connectivity index (χ4v) is 6.87. The number of nitrogens with two attached hydrogens (primary N) is 1. The van der Waals surface area contributed by atoms with E-state index in [0.717, 1.165) is 5.39 Å². The number of H-pyrrole nitrogens is 1. The van der Waals surface area contributed by atoms with Crippen molar-refractivity contribution < 1.29 is 38.1 Å². The van der Waals surface area contributed by atoms with Gasteiger partial charge in [-0.25, -0.2) is 9.55 Å². The topological polar surface area (TPSA) is 213 Å². The van der Waals surface area contributed by atoms with Crippen LogP contribution in [0.25, 0.3) is 21.9 Å². The molecule has 15 nitrogen and oxygen atoms in total. The third-order valence-corrected chi connectivity index (χ3v) is 9.22. The standard InChI is InChI=1S/C31H41N6O9P/c1-17(2)22(27(40)43-15-30(3,4)5)36-47(42,46-20-13-9-11-18-10-7-8-12-19(18)20)44-14-21-24(38)31(6,41)28(45-21)37-16-33-23-25(37)34-29(32)35-26(23)39/h7-13,16-17,21-22,24,28,38,41H,14-15H2,1-6H3,(H,36,42)(H3,32,34,35,39)/t21-,22+,24-,28?,31-,47?/m1/s1. The maximum atomic E-state index is 14.6. The van der Waals surface area contributed by atoms with E-state index in [9.17, 15) is 24.4 Å². The molecule has 6 atom stereocenters. The SMILES string of the molecule is CC(C)[C@H](NP(=O)(OC[C@H]1OC(n2cnc3c(=O)[nH]c(N)nc32)[C@](C)(O)[C@@H]1O)Oc1cccc2ccccc12)C(=O)OCC(C)(C)C. The second-order valence-electron chi connectivity index (χ2n) is 13.4. The van der Waals surface area contributed by atoms with Gasteiger partial charge in [-0.3, -0.25) is 23.7 Å². The summed E-state index contributed by atoms with van der Waals surface area (Å²) >= 11 is 0. The number of aliphatic hydroxyl groups excluding tert-OH is 1. The number of fused-ring (bicyclic) bond motifs is 2. The molecule has 0 spiro atoms. The van der Waals surface area contributed by atoms with Gasteiger partial charge in [0.2, 0.25) is 5.95 Å². The molecule has 2 aromatic heterocycles. The molecule has 2 aromatic carbocycles. The molecule has 0 saturated carbocycles. The van der Waals surface area contributed by atoms with E-state index in [4.69, 9.17) is 24.3 Å². The number of aromatic nitrogens is 4. The Kier molecular flexibility index (Phi) is 9.52. The number of nitrogen functional groups attached to an aromatic ring is 1. The van der Waals surface area contributed by atoms with E-state index >= 15 is 0 Å². The van der Waals surface area contributed by atoms with Gasteiger partial charge in [-0.1, -0.05) is 71.0 Å². The van der Waals surface area contributed by atoms with Crippen LogP contribution in [-0.2, 0) is 23.4 Å². The molecule has 16 heteroatoms. The number of carbonyl (C=O) groups is 1. The van der Waals surface area contributed by atoms with Crippen molar-refractivity contribution in [1.82, 2.24) is 24.6 Å². The Labute approximate surface area is 271 Å². The quantitative estimate of drug-likeness (QED) is 0.114. The highest BCUT2D eigenvalue weighted by Crippen LogP contribution is 2.49. The minimum absolute atomic E-state index is 0.0189. The Morgan fingerprint density at radius 1 is 1.23 bits per heavy atom. The van der Waals surface area contributed by atoms with Crippen LogP contribution in [0.3, 0.4) is 0 Å². The zero-order chi connectivity index (χ0) is 34.3. The van der Waals surface area contributed by atoms with Crippen LogP contribution < -0.4 is 20.9 Å². The monoisotopic (exact) mass is 672 g/mol. The van der Waals surface area contributed by atoms with E-state index < -0.39 is 61.9 Å². The van der Waals surface area contributed by atoms with Crippen LogP contribution in [0.4, 0.5) is 5.95 Å². The fourth-order valence-electron chi connectivity index (χ4n) is 5.18. The number of aliphatic hydroxyl groups is 2. The molecule has 1 saturated heterocycles. The van der Waals surface area contributed by atoms with E-state index in [1.807, 2.05) is 39.0 Å². The molecule has 2 unspecified atom stereocenters. The van der Waals surface area contributed by atoms with E-state index in [1.165, 1.54) is 17.8 Å². The zero-order valence-electron chi connectivity index (χ0n) is 27.0. The molecule has 0 bridgehead atoms. The normalized spacial score (nSPS) is 23.6. The molecule has 0 aliphatic carbocycles. The molecular weight excluding hydrogens is 631 g/mol. The molecular formula is C31H41N6O9P. The van der Waals surface area contributed by atoms with Crippen LogP contribution in [-0.4, -0.2) is 72.8 Å². The van der Waals surface area contributed by atoms with Gasteiger partial charge in [0.05, 0.1) is 19.5 Å². The summed E-state index contributed by atoms with van der Waals surface area (Å²) < 4.78 is 39.4. The molecule has 0 amide bonds. The largest absolute Gasteiger partial charge is 0.464 e. The predicted octanol–water partition coefficient (Wildman–Crippen LogP) is 3.27. The third-order valence-electron chi connectivity index (χ3n) is 7.70. The Bertz CT molecular complexity index is 1860. The number of nitrogens with zero attached hydrogens (tertiary/aromatic N) is 3. The highest BCUT2D eigenvalue weighted by atomic mass is 31.2. The number of rotatable bonds is 11. The maximum Gasteiger partial charge on any atom is 0.459 e. The van der Waals surface area contributed by atoms with E-state index in [2.05, 4.69) is 20.0 Å². The lowest BCUT2D eigenvalue weighted by atomic mass is 9.96. The summed E-state index contributed by atoms with van der Waals surface area (Å²) in [7, 11) is -4.44. The number of benzene rings is 2. The van der Waals surface area contributed by atoms with E-state index in [1.54, 1.807) is 38.1 Å². The lowest BCUT2D eigenvalue weighted by Gasteiger charge is -2.29. The number of nitrogens with one attached hydrogen (secondary N) is 2. The van der Waals surface area contributed by atoms with Gasteiger partial charge in [0.1, 0.15) is 29.6 Å². The van der Waals surface area contributed by atoms with Crippen molar-refractivity contribution in [2.45, 2.75) is 71.6 Å². The van der Waals surface area contributed by atoms with Crippen LogP contribution in [0, 0.1) is 11.3 Å². The van der Waals surface area contributed by atoms with Gasteiger partial charge in [0.25, 0.3) is 5.56 Å². The summed E-state index contributed by atoms with van der Waals surface area (Å²) in [5.74, 6) is -0.998. The molecule has 6 N–H and O–H groups in total. The number of anilines is 1. The van der Waals surface area contributed by atoms with Gasteiger partial charge in [-0.05, 0) is 29.7 Å². The highest BCUT2D eigenvalue weighted by Gasteiger charge is 2.54. The number of esters is 1. The summed E-state index contributed by atoms with van der Waals surface area (Å²) in [5, 5.41) is 26.8. The molecule has 5 rings (SSSR count). The van der Waals surface area contributed by atoms with Crippen LogP contribution in [0.1, 0.15) is 47.8 Å². The Hall–Kier alpha value is -3.85. The van der Waals surface area contributed by atoms with Gasteiger partial charge in [-0.2, -0.15) is 10.1 Å². The lowest BCUT2D eigenvalue weighted by Crippen LogP contribution is -2.45. The molecule has 0 radical (unpaired) electrons. The summed E-state index contributed by atoms with van der Waals surface area (Å²) in [6, 6.07) is 11.4. The number of aromatic amines is 1. The number of carbonyl (C=O) groups excluding carboxylic acids is 1. The van der Waals surface area contributed by atoms with Crippen molar-refractivity contribution in [1.29, 1.82) is 0 Å². The van der Waals surface area contributed by atoms with Gasteiger partial charge >= 0.3 is 13.7 Å². The van der Waals surface area contributed by atoms with Crippen LogP contribution in [0.2, 0.25) is 0 Å². The second-order valence-corrected chi connectivity index (χ2v) is 15.0. The number of hydrogen-bond donors (Lipinski definition) is 5. The van der Waals surface area contributed by atoms with Gasteiger partial charge < -0.3 is 29.9 Å². The van der Waals surface area contributed by atoms with E-state index in [0.29, 0.717) is 5.39 Å². The first-order valence-corrected chi connectivity index (χ1v) is 16.7. The Morgan fingerprint density at radius 3 is 2.64 bits per heavy atom. The molecule has 254 valence electrons. The van der Waals surface area contributed by atoms with Crippen molar-refractivity contribution in [2.24, 2.45) is 11.3 Å². The smallest absolute Gasteiger partial charge is 0.459 e. The third kappa shape index (κ3) is 7.35. The molecule has 1 fully saturated rings. The first-order chi connectivity index (χ1) is 22.0. The van der Waals surface area contributed by atoms with E-state index in [-0.39, 0.29) is 34.9 Å². The first-order valence-electron chi connectivity index (χ1n) is 15.1. The molecule has 3 heterocycles. The van der Waals surface area contributed by atoms with Crippen LogP contribution in [0.15, 0.2) is 53.6 Å². The molecule has 1 aliphatic heterocycles. The number of hydrogen-bond acceptors (Lipinski definition) is 12. The summed E-state index contributed by atoms with van der Waals surface area (Å²) in [5.41, 5.74) is 2.83. The Morgan fingerprint density at radius 2 is 1.94 bits per heavy atom. The minimum Gasteiger partial charge on any atom is -0.464 e. The maximum absolute atomic E-state index is 14.6. The predicted molar refractivity (Wildman–Crippen MR) is 173 cm³/mol. The van der Waals surface area contributed by atoms with Crippen LogP contribution in [0.5, 0.6) is 5.75 Å². The zero-order valence-corrected chi connectivity index (χ0v) is 27.9. The Balaban J connectivity index is 1.44.